The van der Waals surface area contributed by atoms with Gasteiger partial charge in [-0.05, 0) is 40.8 Å². The number of fused-ring (bicyclic) bond motifs is 1. The predicted octanol–water partition coefficient (Wildman–Crippen LogP) is 3.78. The largest absolute Gasteiger partial charge is 0.492 e. The van der Waals surface area contributed by atoms with Crippen LogP contribution in [-0.2, 0) is 15.9 Å². The summed E-state index contributed by atoms with van der Waals surface area (Å²) in [5, 5.41) is 0. The van der Waals surface area contributed by atoms with Gasteiger partial charge in [-0.15, -0.1) is 0 Å². The van der Waals surface area contributed by atoms with E-state index < -0.39 is 6.09 Å². The maximum atomic E-state index is 11.3. The van der Waals surface area contributed by atoms with Crippen LogP contribution in [0.15, 0.2) is 42.5 Å². The highest BCUT2D eigenvalue weighted by molar-refractivity contribution is 5.68. The number of primary amides is 1. The van der Waals surface area contributed by atoms with Crippen molar-refractivity contribution in [2.75, 3.05) is 39.5 Å². The Balaban J connectivity index is 1.46. The maximum absolute atomic E-state index is 11.3. The van der Waals surface area contributed by atoms with Gasteiger partial charge in [0.25, 0.3) is 0 Å². The molecule has 0 bridgehead atoms. The molecule has 1 atom stereocenters. The molecule has 0 radical (unpaired) electrons. The van der Waals surface area contributed by atoms with Crippen molar-refractivity contribution in [2.45, 2.75) is 26.4 Å². The monoisotopic (exact) mass is 410 g/mol. The number of hydrogen-bond donors (Lipinski definition) is 1. The van der Waals surface area contributed by atoms with Crippen LogP contribution in [0.1, 0.15) is 31.1 Å². The van der Waals surface area contributed by atoms with Crippen LogP contribution in [0.4, 0.5) is 4.79 Å². The van der Waals surface area contributed by atoms with Crippen LogP contribution < -0.4 is 10.5 Å². The van der Waals surface area contributed by atoms with Crippen LogP contribution in [0.5, 0.6) is 5.75 Å². The zero-order valence-corrected chi connectivity index (χ0v) is 17.7. The van der Waals surface area contributed by atoms with E-state index in [0.717, 1.165) is 61.7 Å². The molecule has 0 aromatic heterocycles. The Bertz CT molecular complexity index is 906. The number of ether oxygens (including phenoxy) is 3. The second-order valence-electron chi connectivity index (χ2n) is 8.73. The van der Waals surface area contributed by atoms with E-state index in [1.54, 1.807) is 0 Å². The number of carbonyl (C=O) groups excluding carboxylic acids is 1. The second-order valence-corrected chi connectivity index (χ2v) is 8.73. The van der Waals surface area contributed by atoms with Crippen LogP contribution in [-0.4, -0.2) is 50.4 Å². The molecular formula is C24H30N2O4. The Hall–Kier alpha value is -2.57. The second kappa shape index (κ2) is 8.66. The summed E-state index contributed by atoms with van der Waals surface area (Å²) in [6.45, 7) is 9.31. The van der Waals surface area contributed by atoms with Crippen molar-refractivity contribution in [1.29, 1.82) is 0 Å². The predicted molar refractivity (Wildman–Crippen MR) is 116 cm³/mol. The summed E-state index contributed by atoms with van der Waals surface area (Å²) in [7, 11) is 0. The van der Waals surface area contributed by atoms with E-state index in [0.29, 0.717) is 6.61 Å². The van der Waals surface area contributed by atoms with Gasteiger partial charge in [0, 0.05) is 25.0 Å². The van der Waals surface area contributed by atoms with Crippen molar-refractivity contribution < 1.29 is 19.0 Å². The van der Waals surface area contributed by atoms with Gasteiger partial charge in [0.15, 0.2) is 0 Å². The van der Waals surface area contributed by atoms with E-state index in [-0.39, 0.29) is 11.5 Å². The Morgan fingerprint density at radius 3 is 2.70 bits per heavy atom. The van der Waals surface area contributed by atoms with Gasteiger partial charge in [-0.1, -0.05) is 44.2 Å². The van der Waals surface area contributed by atoms with Crippen LogP contribution in [0.3, 0.4) is 0 Å². The molecule has 1 heterocycles. The third-order valence-corrected chi connectivity index (χ3v) is 5.96. The number of morpholine rings is 1. The summed E-state index contributed by atoms with van der Waals surface area (Å²) in [6.07, 6.45) is -0.204. The number of nitrogens with zero attached hydrogens (tertiary/aromatic N) is 1. The highest BCUT2D eigenvalue weighted by Gasteiger charge is 2.41. The summed E-state index contributed by atoms with van der Waals surface area (Å²) in [5.41, 5.74) is 9.59. The van der Waals surface area contributed by atoms with E-state index >= 15 is 0 Å². The van der Waals surface area contributed by atoms with Crippen LogP contribution in [0.25, 0.3) is 11.1 Å². The lowest BCUT2D eigenvalue weighted by Crippen LogP contribution is -2.38. The van der Waals surface area contributed by atoms with Gasteiger partial charge >= 0.3 is 6.09 Å². The van der Waals surface area contributed by atoms with Gasteiger partial charge in [0.1, 0.15) is 18.5 Å². The van der Waals surface area contributed by atoms with Gasteiger partial charge in [-0.25, -0.2) is 4.79 Å². The molecule has 2 aliphatic rings. The molecule has 1 saturated heterocycles. The lowest BCUT2D eigenvalue weighted by Gasteiger charge is -2.26. The lowest BCUT2D eigenvalue weighted by molar-refractivity contribution is 0.0322. The minimum Gasteiger partial charge on any atom is -0.492 e. The highest BCUT2D eigenvalue weighted by atomic mass is 16.6. The normalized spacial score (nSPS) is 20.5. The zero-order chi connectivity index (χ0) is 21.1. The molecule has 1 fully saturated rings. The molecule has 4 rings (SSSR count). The first-order valence-electron chi connectivity index (χ1n) is 10.5. The molecule has 30 heavy (non-hydrogen) atoms. The molecule has 0 saturated carbocycles. The summed E-state index contributed by atoms with van der Waals surface area (Å²) in [5.74, 6) is 0.872. The van der Waals surface area contributed by atoms with Crippen molar-refractivity contribution in [2.24, 2.45) is 11.1 Å². The summed E-state index contributed by atoms with van der Waals surface area (Å²) in [4.78, 5) is 13.7. The fourth-order valence-electron chi connectivity index (χ4n) is 4.42. The molecule has 2 aromatic carbocycles. The van der Waals surface area contributed by atoms with Gasteiger partial charge in [-0.3, -0.25) is 4.90 Å². The van der Waals surface area contributed by atoms with E-state index in [4.69, 9.17) is 19.9 Å². The summed E-state index contributed by atoms with van der Waals surface area (Å²) >= 11 is 0. The lowest BCUT2D eigenvalue weighted by atomic mass is 9.87. The number of hydrogen-bond acceptors (Lipinski definition) is 5. The number of nitrogens with two attached hydrogens (primary N) is 1. The Labute approximate surface area is 177 Å². The molecule has 2 aromatic rings. The standard InChI is InChI=1S/C24H30N2O4/c1-24(2)16-19-14-18(6-7-21(19)22(24)30-23(25)27)17-4-3-5-20(15-17)29-13-10-26-8-11-28-12-9-26/h3-7,14-15,22H,8-13,16H2,1-2H3,(H2,25,27). The molecule has 6 nitrogen and oxygen atoms in total. The molecule has 2 N–H and O–H groups in total. The molecule has 6 heteroatoms. The molecule has 1 unspecified atom stereocenters. The molecule has 1 aliphatic carbocycles. The zero-order valence-electron chi connectivity index (χ0n) is 17.7. The van der Waals surface area contributed by atoms with Gasteiger partial charge < -0.3 is 19.9 Å². The fraction of sp³-hybridized carbons (Fsp3) is 0.458. The molecule has 1 aliphatic heterocycles. The molecular weight excluding hydrogens is 380 g/mol. The molecule has 160 valence electrons. The average Bonchev–Trinajstić information content (AvgIpc) is 2.97. The highest BCUT2D eigenvalue weighted by Crippen LogP contribution is 2.48. The quantitative estimate of drug-likeness (QED) is 0.784. The Kier molecular flexibility index (Phi) is 5.97. The van der Waals surface area contributed by atoms with Gasteiger partial charge in [0.05, 0.1) is 13.2 Å². The van der Waals surface area contributed by atoms with Crippen LogP contribution in [0, 0.1) is 5.41 Å². The number of amides is 1. The minimum atomic E-state index is -0.730. The first-order valence-corrected chi connectivity index (χ1v) is 10.5. The summed E-state index contributed by atoms with van der Waals surface area (Å²) < 4.78 is 16.8. The molecule has 0 spiro atoms. The molecule has 1 amide bonds. The Morgan fingerprint density at radius 2 is 1.93 bits per heavy atom. The minimum absolute atomic E-state index is 0.180. The van der Waals surface area contributed by atoms with Crippen molar-refractivity contribution in [3.63, 3.8) is 0 Å². The van der Waals surface area contributed by atoms with Crippen LogP contribution >= 0.6 is 0 Å². The van der Waals surface area contributed by atoms with E-state index in [9.17, 15) is 4.79 Å². The third-order valence-electron chi connectivity index (χ3n) is 5.96. The van der Waals surface area contributed by atoms with E-state index in [1.807, 2.05) is 12.1 Å². The first-order chi connectivity index (χ1) is 14.4. The average molecular weight is 411 g/mol. The van der Waals surface area contributed by atoms with Crippen molar-refractivity contribution in [1.82, 2.24) is 4.90 Å². The number of rotatable bonds is 6. The number of benzene rings is 2. The van der Waals surface area contributed by atoms with Crippen molar-refractivity contribution >= 4 is 6.09 Å². The van der Waals surface area contributed by atoms with Crippen molar-refractivity contribution in [3.8, 4) is 16.9 Å². The smallest absolute Gasteiger partial charge is 0.405 e. The van der Waals surface area contributed by atoms with E-state index in [2.05, 4.69) is 49.1 Å². The maximum Gasteiger partial charge on any atom is 0.405 e. The fourth-order valence-corrected chi connectivity index (χ4v) is 4.42. The first kappa shape index (κ1) is 20.7. The van der Waals surface area contributed by atoms with Gasteiger partial charge in [-0.2, -0.15) is 0 Å². The SMILES string of the molecule is CC1(C)Cc2cc(-c3cccc(OCCN4CCOCC4)c3)ccc2C1OC(N)=O. The van der Waals surface area contributed by atoms with Crippen molar-refractivity contribution in [3.05, 3.63) is 53.6 Å². The van der Waals surface area contributed by atoms with Crippen LogP contribution in [0.2, 0.25) is 0 Å². The summed E-state index contributed by atoms with van der Waals surface area (Å²) in [6, 6.07) is 14.5. The number of carbonyl (C=O) groups is 1. The Morgan fingerprint density at radius 1 is 1.17 bits per heavy atom. The topological polar surface area (TPSA) is 74.0 Å². The van der Waals surface area contributed by atoms with Gasteiger partial charge in [0.2, 0.25) is 0 Å². The van der Waals surface area contributed by atoms with E-state index in [1.165, 1.54) is 5.56 Å². The third kappa shape index (κ3) is 4.60.